The molecule has 0 spiro atoms. The van der Waals surface area contributed by atoms with Gasteiger partial charge in [0, 0.05) is 24.4 Å². The van der Waals surface area contributed by atoms with Crippen LogP contribution in [0.25, 0.3) is 11.1 Å². The highest BCUT2D eigenvalue weighted by Gasteiger charge is 2.29. The second kappa shape index (κ2) is 11.7. The van der Waals surface area contributed by atoms with E-state index in [1.165, 1.54) is 0 Å². The monoisotopic (exact) mass is 466 g/mol. The molecule has 0 saturated heterocycles. The van der Waals surface area contributed by atoms with Gasteiger partial charge in [-0.05, 0) is 34.6 Å². The first-order valence-corrected chi connectivity index (χ1v) is 11.9. The molecular weight excluding hydrogens is 432 g/mol. The van der Waals surface area contributed by atoms with Crippen molar-refractivity contribution < 1.29 is 24.2 Å². The second-order valence-corrected chi connectivity index (χ2v) is 9.18. The van der Waals surface area contributed by atoms with Gasteiger partial charge >= 0.3 is 12.1 Å². The van der Waals surface area contributed by atoms with Crippen molar-refractivity contribution in [1.82, 2.24) is 10.6 Å². The zero-order valence-corrected chi connectivity index (χ0v) is 20.0. The van der Waals surface area contributed by atoms with E-state index in [4.69, 9.17) is 9.84 Å². The van der Waals surface area contributed by atoms with Crippen molar-refractivity contribution in [2.75, 3.05) is 6.61 Å². The van der Waals surface area contributed by atoms with Crippen molar-refractivity contribution in [1.29, 1.82) is 0 Å². The number of alkyl carbamates (subject to hydrolysis) is 1. The molecule has 2 aromatic rings. The fourth-order valence-electron chi connectivity index (χ4n) is 4.51. The number of hydrogen-bond donors (Lipinski definition) is 3. The molecule has 34 heavy (non-hydrogen) atoms. The third-order valence-corrected chi connectivity index (χ3v) is 6.28. The van der Waals surface area contributed by atoms with E-state index in [1.807, 2.05) is 45.0 Å². The summed E-state index contributed by atoms with van der Waals surface area (Å²) in [4.78, 5) is 36.3. The molecule has 182 valence electrons. The smallest absolute Gasteiger partial charge is 0.407 e. The Balaban J connectivity index is 1.58. The van der Waals surface area contributed by atoms with Gasteiger partial charge in [-0.3, -0.25) is 9.59 Å². The van der Waals surface area contributed by atoms with Crippen LogP contribution >= 0.6 is 0 Å². The lowest BCUT2D eigenvalue weighted by Crippen LogP contribution is -2.44. The molecule has 0 radical (unpaired) electrons. The summed E-state index contributed by atoms with van der Waals surface area (Å²) < 4.78 is 5.61. The van der Waals surface area contributed by atoms with Gasteiger partial charge in [0.05, 0.1) is 6.42 Å². The Kier molecular flexibility index (Phi) is 8.68. The summed E-state index contributed by atoms with van der Waals surface area (Å²) in [5, 5.41) is 14.7. The van der Waals surface area contributed by atoms with Crippen LogP contribution in [-0.2, 0) is 14.3 Å². The Morgan fingerprint density at radius 3 is 2.06 bits per heavy atom. The van der Waals surface area contributed by atoms with Gasteiger partial charge < -0.3 is 20.5 Å². The van der Waals surface area contributed by atoms with Crippen LogP contribution < -0.4 is 10.6 Å². The van der Waals surface area contributed by atoms with Gasteiger partial charge in [0.1, 0.15) is 6.61 Å². The van der Waals surface area contributed by atoms with E-state index in [2.05, 4.69) is 34.9 Å². The van der Waals surface area contributed by atoms with Gasteiger partial charge in [-0.15, -0.1) is 0 Å². The molecule has 0 fully saturated rings. The first kappa shape index (κ1) is 25.3. The number of carboxylic acid groups (broad SMARTS) is 1. The Morgan fingerprint density at radius 1 is 0.941 bits per heavy atom. The fraction of sp³-hybridized carbons (Fsp3) is 0.444. The average Bonchev–Trinajstić information content (AvgIpc) is 3.11. The number of benzene rings is 2. The van der Waals surface area contributed by atoms with Crippen LogP contribution in [0.2, 0.25) is 0 Å². The summed E-state index contributed by atoms with van der Waals surface area (Å²) in [5.74, 6) is -1.29. The number of fused-ring (bicyclic) bond motifs is 3. The Hall–Kier alpha value is -3.35. The lowest BCUT2D eigenvalue weighted by Gasteiger charge is -2.23. The summed E-state index contributed by atoms with van der Waals surface area (Å²) >= 11 is 0. The van der Waals surface area contributed by atoms with E-state index < -0.39 is 24.1 Å². The number of hydrogen-bond acceptors (Lipinski definition) is 4. The van der Waals surface area contributed by atoms with Crippen molar-refractivity contribution in [2.45, 2.75) is 64.5 Å². The molecule has 3 N–H and O–H groups in total. The van der Waals surface area contributed by atoms with Crippen LogP contribution in [0.4, 0.5) is 4.79 Å². The number of rotatable bonds is 11. The van der Waals surface area contributed by atoms with Crippen molar-refractivity contribution in [3.8, 4) is 11.1 Å². The number of carbonyl (C=O) groups excluding carboxylic acids is 2. The largest absolute Gasteiger partial charge is 0.481 e. The molecule has 0 bridgehead atoms. The minimum Gasteiger partial charge on any atom is -0.481 e. The first-order valence-electron chi connectivity index (χ1n) is 11.9. The molecule has 7 heteroatoms. The maximum absolute atomic E-state index is 12.6. The standard InChI is InChI=1S/C27H34N2O5/c1-4-9-18(14-25(30)29-24(17(2)3)15-26(31)32)28-27(33)34-16-23-21-12-7-5-10-19(21)20-11-6-8-13-22(20)23/h5-8,10-13,17-18,23-24H,4,9,14-16H2,1-3H3,(H,28,33)(H,29,30)(H,31,32)/t18?,24-/m0/s1. The topological polar surface area (TPSA) is 105 Å². The SMILES string of the molecule is CCCC(CC(=O)N[C@@H](CC(=O)O)C(C)C)NC(=O)OCC1c2ccccc2-c2ccccc21. The lowest BCUT2D eigenvalue weighted by atomic mass is 9.98. The highest BCUT2D eigenvalue weighted by atomic mass is 16.5. The molecule has 2 atom stereocenters. The summed E-state index contributed by atoms with van der Waals surface area (Å²) in [6, 6.07) is 15.4. The van der Waals surface area contributed by atoms with Gasteiger partial charge in [-0.1, -0.05) is 75.7 Å². The maximum Gasteiger partial charge on any atom is 0.407 e. The van der Waals surface area contributed by atoms with Gasteiger partial charge in [-0.25, -0.2) is 4.79 Å². The van der Waals surface area contributed by atoms with Crippen LogP contribution in [0.15, 0.2) is 48.5 Å². The molecule has 0 saturated carbocycles. The average molecular weight is 467 g/mol. The number of aliphatic carboxylic acids is 1. The molecule has 3 rings (SSSR count). The van der Waals surface area contributed by atoms with E-state index in [0.717, 1.165) is 28.7 Å². The molecule has 1 unspecified atom stereocenters. The number of carboxylic acids is 1. The Bertz CT molecular complexity index is 974. The van der Waals surface area contributed by atoms with E-state index in [-0.39, 0.29) is 37.2 Å². The van der Waals surface area contributed by atoms with Crippen LogP contribution in [0.3, 0.4) is 0 Å². The normalized spacial score (nSPS) is 14.1. The highest BCUT2D eigenvalue weighted by molar-refractivity contribution is 5.80. The highest BCUT2D eigenvalue weighted by Crippen LogP contribution is 2.44. The maximum atomic E-state index is 12.6. The summed E-state index contributed by atoms with van der Waals surface area (Å²) in [7, 11) is 0. The number of nitrogens with one attached hydrogen (secondary N) is 2. The molecule has 2 aromatic carbocycles. The zero-order valence-electron chi connectivity index (χ0n) is 20.0. The summed E-state index contributed by atoms with van der Waals surface area (Å²) in [6.45, 7) is 5.92. The minimum absolute atomic E-state index is 0.0141. The van der Waals surface area contributed by atoms with Gasteiger partial charge in [0.25, 0.3) is 0 Å². The quantitative estimate of drug-likeness (QED) is 0.445. The molecule has 0 aliphatic heterocycles. The van der Waals surface area contributed by atoms with E-state index in [1.54, 1.807) is 0 Å². The van der Waals surface area contributed by atoms with E-state index in [0.29, 0.717) is 6.42 Å². The predicted octanol–water partition coefficient (Wildman–Crippen LogP) is 4.70. The number of amides is 2. The van der Waals surface area contributed by atoms with E-state index in [9.17, 15) is 14.4 Å². The number of carbonyl (C=O) groups is 3. The van der Waals surface area contributed by atoms with Crippen molar-refractivity contribution in [3.63, 3.8) is 0 Å². The lowest BCUT2D eigenvalue weighted by molar-refractivity contribution is -0.138. The minimum atomic E-state index is -0.958. The fourth-order valence-corrected chi connectivity index (χ4v) is 4.51. The molecule has 2 amide bonds. The first-order chi connectivity index (χ1) is 16.3. The third-order valence-electron chi connectivity index (χ3n) is 6.28. The number of ether oxygens (including phenoxy) is 1. The summed E-state index contributed by atoms with van der Waals surface area (Å²) in [5.41, 5.74) is 4.60. The second-order valence-electron chi connectivity index (χ2n) is 9.18. The van der Waals surface area contributed by atoms with Gasteiger partial charge in [0.15, 0.2) is 0 Å². The Morgan fingerprint density at radius 2 is 1.53 bits per heavy atom. The van der Waals surface area contributed by atoms with Gasteiger partial charge in [-0.2, -0.15) is 0 Å². The third kappa shape index (κ3) is 6.37. The van der Waals surface area contributed by atoms with Crippen LogP contribution in [-0.4, -0.2) is 41.8 Å². The van der Waals surface area contributed by atoms with Crippen molar-refractivity contribution in [2.24, 2.45) is 5.92 Å². The Labute approximate surface area is 200 Å². The zero-order chi connectivity index (χ0) is 24.7. The van der Waals surface area contributed by atoms with E-state index >= 15 is 0 Å². The molecule has 7 nitrogen and oxygen atoms in total. The van der Waals surface area contributed by atoms with Crippen LogP contribution in [0.5, 0.6) is 0 Å². The van der Waals surface area contributed by atoms with Crippen LogP contribution in [0.1, 0.15) is 63.5 Å². The van der Waals surface area contributed by atoms with Crippen molar-refractivity contribution >= 4 is 18.0 Å². The molecule has 0 heterocycles. The molecular formula is C27H34N2O5. The summed E-state index contributed by atoms with van der Waals surface area (Å²) in [6.07, 6.45) is 0.773. The molecule has 1 aliphatic carbocycles. The molecule has 1 aliphatic rings. The van der Waals surface area contributed by atoms with Crippen molar-refractivity contribution in [3.05, 3.63) is 59.7 Å². The van der Waals surface area contributed by atoms with Crippen LogP contribution in [0, 0.1) is 5.92 Å². The predicted molar refractivity (Wildman–Crippen MR) is 131 cm³/mol. The molecule has 0 aromatic heterocycles. The van der Waals surface area contributed by atoms with Gasteiger partial charge in [0.2, 0.25) is 5.91 Å².